The molecule has 0 bridgehead atoms. The van der Waals surface area contributed by atoms with Crippen molar-refractivity contribution in [3.63, 3.8) is 0 Å². The van der Waals surface area contributed by atoms with Crippen LogP contribution in [-0.4, -0.2) is 41.5 Å². The van der Waals surface area contributed by atoms with Gasteiger partial charge in [0.05, 0.1) is 24.2 Å². The Bertz CT molecular complexity index is 219. The molecule has 2 N–H and O–H groups in total. The van der Waals surface area contributed by atoms with Crippen molar-refractivity contribution in [3.05, 3.63) is 0 Å². The number of nitrogens with zero attached hydrogens (tertiary/aromatic N) is 1. The molecule has 0 unspecified atom stereocenters. The molecule has 0 radical (unpaired) electrons. The van der Waals surface area contributed by atoms with Crippen molar-refractivity contribution in [1.82, 2.24) is 0 Å². The molecule has 1 heterocycles. The molecular weight excluding hydrogens is 170 g/mol. The second kappa shape index (κ2) is 3.27. The second-order valence-electron chi connectivity index (χ2n) is 4.39. The zero-order chi connectivity index (χ0) is 10.1. The molecule has 1 aliphatic heterocycles. The van der Waals surface area contributed by atoms with Gasteiger partial charge in [0.15, 0.2) is 5.90 Å². The summed E-state index contributed by atoms with van der Waals surface area (Å²) in [7, 11) is 0. The summed E-state index contributed by atoms with van der Waals surface area (Å²) in [4.78, 5) is 4.31. The van der Waals surface area contributed by atoms with E-state index in [9.17, 15) is 0 Å². The minimum absolute atomic E-state index is 0.154. The van der Waals surface area contributed by atoms with E-state index in [1.807, 2.05) is 13.8 Å². The van der Waals surface area contributed by atoms with Crippen molar-refractivity contribution in [1.29, 1.82) is 0 Å². The van der Waals surface area contributed by atoms with Crippen LogP contribution in [0.1, 0.15) is 20.8 Å². The highest BCUT2D eigenvalue weighted by Gasteiger charge is 2.38. The van der Waals surface area contributed by atoms with Crippen LogP contribution >= 0.6 is 0 Å². The van der Waals surface area contributed by atoms with Gasteiger partial charge in [-0.15, -0.1) is 0 Å². The third-order valence-corrected chi connectivity index (χ3v) is 2.18. The lowest BCUT2D eigenvalue weighted by Crippen LogP contribution is -2.35. The molecule has 0 spiro atoms. The normalized spacial score (nSPS) is 21.2. The molecule has 0 aromatic heterocycles. The third kappa shape index (κ3) is 2.00. The second-order valence-corrected chi connectivity index (χ2v) is 4.39. The van der Waals surface area contributed by atoms with Crippen molar-refractivity contribution in [2.24, 2.45) is 10.4 Å². The monoisotopic (exact) mass is 187 g/mol. The average molecular weight is 187 g/mol. The lowest BCUT2D eigenvalue weighted by Gasteiger charge is -2.23. The highest BCUT2D eigenvalue weighted by molar-refractivity contribution is 5.84. The van der Waals surface area contributed by atoms with Crippen LogP contribution in [0.3, 0.4) is 0 Å². The van der Waals surface area contributed by atoms with E-state index in [4.69, 9.17) is 14.9 Å². The van der Waals surface area contributed by atoms with E-state index in [2.05, 4.69) is 4.99 Å². The van der Waals surface area contributed by atoms with Gasteiger partial charge in [-0.3, -0.25) is 0 Å². The smallest absolute Gasteiger partial charge is 0.194 e. The number of ether oxygens (including phenoxy) is 1. The van der Waals surface area contributed by atoms with E-state index < -0.39 is 5.41 Å². The van der Waals surface area contributed by atoms with Crippen LogP contribution in [0.15, 0.2) is 4.99 Å². The van der Waals surface area contributed by atoms with Crippen molar-refractivity contribution in [2.45, 2.75) is 26.3 Å². The maximum Gasteiger partial charge on any atom is 0.194 e. The van der Waals surface area contributed by atoms with Crippen molar-refractivity contribution in [2.75, 3.05) is 19.8 Å². The van der Waals surface area contributed by atoms with Gasteiger partial charge in [-0.2, -0.15) is 0 Å². The molecule has 1 aliphatic rings. The summed E-state index contributed by atoms with van der Waals surface area (Å²) in [6.07, 6.45) is 0. The summed E-state index contributed by atoms with van der Waals surface area (Å²) < 4.78 is 5.35. The Labute approximate surface area is 78.3 Å². The van der Waals surface area contributed by atoms with Crippen LogP contribution in [0.25, 0.3) is 0 Å². The largest absolute Gasteiger partial charge is 0.478 e. The first kappa shape index (κ1) is 10.5. The summed E-state index contributed by atoms with van der Waals surface area (Å²) in [5.41, 5.74) is -0.977. The van der Waals surface area contributed by atoms with Gasteiger partial charge in [-0.05, 0) is 20.8 Å². The third-order valence-electron chi connectivity index (χ3n) is 2.18. The molecular formula is C9H17NO3. The molecule has 1 rings (SSSR count). The van der Waals surface area contributed by atoms with E-state index in [1.165, 1.54) is 0 Å². The van der Waals surface area contributed by atoms with E-state index in [1.54, 1.807) is 6.92 Å². The molecule has 0 saturated carbocycles. The van der Waals surface area contributed by atoms with E-state index in [-0.39, 0.29) is 18.8 Å². The van der Waals surface area contributed by atoms with E-state index in [0.717, 1.165) is 0 Å². The lowest BCUT2D eigenvalue weighted by atomic mass is 9.93. The summed E-state index contributed by atoms with van der Waals surface area (Å²) in [5.74, 6) is 0.461. The van der Waals surface area contributed by atoms with Crippen LogP contribution in [0.2, 0.25) is 0 Å². The van der Waals surface area contributed by atoms with E-state index >= 15 is 0 Å². The zero-order valence-electron chi connectivity index (χ0n) is 8.37. The molecule has 4 nitrogen and oxygen atoms in total. The molecule has 0 aliphatic carbocycles. The van der Waals surface area contributed by atoms with Crippen LogP contribution < -0.4 is 0 Å². The quantitative estimate of drug-likeness (QED) is 0.662. The van der Waals surface area contributed by atoms with Crippen LogP contribution in [0.4, 0.5) is 0 Å². The van der Waals surface area contributed by atoms with Crippen molar-refractivity contribution < 1.29 is 14.9 Å². The van der Waals surface area contributed by atoms with Gasteiger partial charge < -0.3 is 14.9 Å². The summed E-state index contributed by atoms with van der Waals surface area (Å²) in [6.45, 7) is 5.84. The Morgan fingerprint density at radius 1 is 1.46 bits per heavy atom. The van der Waals surface area contributed by atoms with Crippen LogP contribution in [0.5, 0.6) is 0 Å². The summed E-state index contributed by atoms with van der Waals surface area (Å²) >= 11 is 0. The van der Waals surface area contributed by atoms with Gasteiger partial charge in [0.1, 0.15) is 6.61 Å². The standard InChI is InChI=1S/C9H17NO3/c1-8(2)6-13-7(10-8)9(3,4-11)5-12/h11-12H,4-6H2,1-3H3. The predicted molar refractivity (Wildman–Crippen MR) is 49.7 cm³/mol. The maximum atomic E-state index is 9.10. The average Bonchev–Trinajstić information content (AvgIpc) is 2.45. The van der Waals surface area contributed by atoms with Gasteiger partial charge in [0.2, 0.25) is 0 Å². The van der Waals surface area contributed by atoms with Gasteiger partial charge in [0.25, 0.3) is 0 Å². The van der Waals surface area contributed by atoms with Gasteiger partial charge in [-0.1, -0.05) is 0 Å². The number of rotatable bonds is 3. The van der Waals surface area contributed by atoms with E-state index in [0.29, 0.717) is 12.5 Å². The maximum absolute atomic E-state index is 9.10. The Kier molecular flexibility index (Phi) is 2.63. The first-order valence-corrected chi connectivity index (χ1v) is 4.38. The molecule has 0 amide bonds. The lowest BCUT2D eigenvalue weighted by molar-refractivity contribution is 0.101. The van der Waals surface area contributed by atoms with Crippen LogP contribution in [0, 0.1) is 5.41 Å². The molecule has 0 aromatic carbocycles. The summed E-state index contributed by atoms with van der Waals surface area (Å²) in [6, 6.07) is 0. The Balaban J connectivity index is 2.84. The van der Waals surface area contributed by atoms with Gasteiger partial charge in [-0.25, -0.2) is 4.99 Å². The first-order chi connectivity index (χ1) is 5.93. The highest BCUT2D eigenvalue weighted by Crippen LogP contribution is 2.27. The fourth-order valence-electron chi connectivity index (χ4n) is 1.08. The minimum atomic E-state index is -0.742. The first-order valence-electron chi connectivity index (χ1n) is 4.38. The topological polar surface area (TPSA) is 62.0 Å². The zero-order valence-corrected chi connectivity index (χ0v) is 8.37. The number of hydrogen-bond acceptors (Lipinski definition) is 4. The molecule has 0 atom stereocenters. The van der Waals surface area contributed by atoms with Crippen molar-refractivity contribution in [3.8, 4) is 0 Å². The molecule has 0 saturated heterocycles. The molecule has 4 heteroatoms. The van der Waals surface area contributed by atoms with Crippen molar-refractivity contribution >= 4 is 5.90 Å². The SMILES string of the molecule is CC1(C)COC(C(C)(CO)CO)=N1. The Morgan fingerprint density at radius 3 is 2.31 bits per heavy atom. The molecule has 76 valence electrons. The number of aliphatic imine (C=N–C) groups is 1. The van der Waals surface area contributed by atoms with Gasteiger partial charge in [0, 0.05) is 0 Å². The number of aliphatic hydroxyl groups excluding tert-OH is 2. The van der Waals surface area contributed by atoms with Crippen LogP contribution in [-0.2, 0) is 4.74 Å². The Morgan fingerprint density at radius 2 is 2.00 bits per heavy atom. The molecule has 13 heavy (non-hydrogen) atoms. The number of hydrogen-bond donors (Lipinski definition) is 2. The Hall–Kier alpha value is -0.610. The number of aliphatic hydroxyl groups is 2. The minimum Gasteiger partial charge on any atom is -0.478 e. The van der Waals surface area contributed by atoms with Gasteiger partial charge >= 0.3 is 0 Å². The fraction of sp³-hybridized carbons (Fsp3) is 0.889. The molecule has 0 aromatic rings. The fourth-order valence-corrected chi connectivity index (χ4v) is 1.08. The summed E-state index contributed by atoms with van der Waals surface area (Å²) in [5, 5.41) is 18.2. The highest BCUT2D eigenvalue weighted by atomic mass is 16.5. The predicted octanol–water partition coefficient (Wildman–Crippen LogP) is 0.185. The molecule has 0 fully saturated rings.